The van der Waals surface area contributed by atoms with E-state index < -0.39 is 21.8 Å². The van der Waals surface area contributed by atoms with Gasteiger partial charge in [0.2, 0.25) is 0 Å². The molecule has 0 unspecified atom stereocenters. The number of halogens is 2. The maximum Gasteiger partial charge on any atom is 0.340 e. The SMILES string of the molecule is Cc1nsc(NS(=O)(=O)c2ccc(F)cc2Br)c1C(=O)O. The molecule has 0 amide bonds. The Morgan fingerprint density at radius 1 is 1.48 bits per heavy atom. The molecule has 0 radical (unpaired) electrons. The molecular weight excluding hydrogens is 387 g/mol. The number of hydrogen-bond acceptors (Lipinski definition) is 5. The minimum Gasteiger partial charge on any atom is -0.478 e. The van der Waals surface area contributed by atoms with Crippen LogP contribution >= 0.6 is 27.5 Å². The maximum absolute atomic E-state index is 13.0. The van der Waals surface area contributed by atoms with Crippen molar-refractivity contribution in [1.29, 1.82) is 0 Å². The lowest BCUT2D eigenvalue weighted by Gasteiger charge is -2.08. The molecule has 1 aromatic heterocycles. The van der Waals surface area contributed by atoms with Crippen LogP contribution in [0.1, 0.15) is 16.1 Å². The zero-order valence-electron chi connectivity index (χ0n) is 10.4. The molecule has 0 atom stereocenters. The number of aryl methyl sites for hydroxylation is 1. The molecule has 2 N–H and O–H groups in total. The van der Waals surface area contributed by atoms with Crippen molar-refractivity contribution in [2.24, 2.45) is 0 Å². The van der Waals surface area contributed by atoms with Crippen molar-refractivity contribution in [3.63, 3.8) is 0 Å². The summed E-state index contributed by atoms with van der Waals surface area (Å²) >= 11 is 3.69. The van der Waals surface area contributed by atoms with E-state index in [1.807, 2.05) is 0 Å². The van der Waals surface area contributed by atoms with Gasteiger partial charge in [-0.3, -0.25) is 4.72 Å². The summed E-state index contributed by atoms with van der Waals surface area (Å²) in [7, 11) is -4.06. The lowest BCUT2D eigenvalue weighted by atomic mass is 10.2. The van der Waals surface area contributed by atoms with E-state index in [1.54, 1.807) is 0 Å². The Bertz CT molecular complexity index is 820. The fourth-order valence-electron chi connectivity index (χ4n) is 1.56. The van der Waals surface area contributed by atoms with Crippen LogP contribution in [0, 0.1) is 12.7 Å². The van der Waals surface area contributed by atoms with Crippen LogP contribution in [0.3, 0.4) is 0 Å². The lowest BCUT2D eigenvalue weighted by Crippen LogP contribution is -2.15. The summed E-state index contributed by atoms with van der Waals surface area (Å²) in [6, 6.07) is 3.08. The van der Waals surface area contributed by atoms with E-state index in [2.05, 4.69) is 25.0 Å². The zero-order valence-corrected chi connectivity index (χ0v) is 13.6. The minimum absolute atomic E-state index is 0.0353. The first-order valence-corrected chi connectivity index (χ1v) is 8.45. The van der Waals surface area contributed by atoms with Crippen molar-refractivity contribution in [3.8, 4) is 0 Å². The molecule has 0 spiro atoms. The predicted molar refractivity (Wildman–Crippen MR) is 78.7 cm³/mol. The van der Waals surface area contributed by atoms with Gasteiger partial charge in [0, 0.05) is 4.47 Å². The van der Waals surface area contributed by atoms with Crippen LogP contribution in [0.25, 0.3) is 0 Å². The van der Waals surface area contributed by atoms with Crippen molar-refractivity contribution in [2.75, 3.05) is 4.72 Å². The van der Waals surface area contributed by atoms with Gasteiger partial charge in [0.1, 0.15) is 21.3 Å². The fraction of sp³-hybridized carbons (Fsp3) is 0.0909. The first-order chi connectivity index (χ1) is 9.72. The Hall–Kier alpha value is -1.52. The summed E-state index contributed by atoms with van der Waals surface area (Å²) in [5, 5.41) is 8.97. The van der Waals surface area contributed by atoms with E-state index in [9.17, 15) is 17.6 Å². The highest BCUT2D eigenvalue weighted by Gasteiger charge is 2.24. The molecule has 0 fully saturated rings. The van der Waals surface area contributed by atoms with Crippen molar-refractivity contribution in [2.45, 2.75) is 11.8 Å². The molecule has 21 heavy (non-hydrogen) atoms. The highest BCUT2D eigenvalue weighted by molar-refractivity contribution is 9.10. The van der Waals surface area contributed by atoms with Crippen LogP contribution in [-0.4, -0.2) is 23.9 Å². The molecule has 2 aromatic rings. The Morgan fingerprint density at radius 3 is 2.71 bits per heavy atom. The molecule has 0 aliphatic heterocycles. The number of rotatable bonds is 4. The fourth-order valence-corrected chi connectivity index (χ4v) is 4.69. The van der Waals surface area contributed by atoms with Gasteiger partial charge >= 0.3 is 5.97 Å². The summed E-state index contributed by atoms with van der Waals surface area (Å²) in [5.41, 5.74) is 0.00480. The average molecular weight is 395 g/mol. The van der Waals surface area contributed by atoms with Crippen LogP contribution in [-0.2, 0) is 10.0 Å². The van der Waals surface area contributed by atoms with Gasteiger partial charge < -0.3 is 5.11 Å². The van der Waals surface area contributed by atoms with Gasteiger partial charge in [0.05, 0.1) is 5.69 Å². The van der Waals surface area contributed by atoms with E-state index in [4.69, 9.17) is 5.11 Å². The number of carboxylic acid groups (broad SMARTS) is 1. The zero-order chi connectivity index (χ0) is 15.8. The maximum atomic E-state index is 13.0. The van der Waals surface area contributed by atoms with Crippen molar-refractivity contribution >= 4 is 48.5 Å². The largest absolute Gasteiger partial charge is 0.478 e. The second kappa shape index (κ2) is 5.70. The first kappa shape index (κ1) is 15.9. The van der Waals surface area contributed by atoms with Crippen molar-refractivity contribution in [3.05, 3.63) is 39.7 Å². The van der Waals surface area contributed by atoms with Gasteiger partial charge in [-0.1, -0.05) is 0 Å². The van der Waals surface area contributed by atoms with Crippen LogP contribution in [0.2, 0.25) is 0 Å². The van der Waals surface area contributed by atoms with Gasteiger partial charge in [-0.05, 0) is 52.6 Å². The number of aromatic nitrogens is 1. The molecular formula is C11H8BrFN2O4S2. The number of sulfonamides is 1. The number of carbonyl (C=O) groups is 1. The van der Waals surface area contributed by atoms with Gasteiger partial charge in [0.25, 0.3) is 10.0 Å². The predicted octanol–water partition coefficient (Wildman–Crippen LogP) is 2.85. The molecule has 0 aliphatic rings. The lowest BCUT2D eigenvalue weighted by molar-refractivity contribution is 0.0697. The summed E-state index contributed by atoms with van der Waals surface area (Å²) in [6.45, 7) is 1.46. The monoisotopic (exact) mass is 394 g/mol. The van der Waals surface area contributed by atoms with E-state index in [0.29, 0.717) is 0 Å². The minimum atomic E-state index is -4.06. The molecule has 10 heteroatoms. The van der Waals surface area contributed by atoms with Crippen LogP contribution in [0.15, 0.2) is 27.6 Å². The molecule has 1 heterocycles. The molecule has 2 rings (SSSR count). The summed E-state index contributed by atoms with van der Waals surface area (Å²) in [6.07, 6.45) is 0. The van der Waals surface area contributed by atoms with Crippen LogP contribution in [0.5, 0.6) is 0 Å². The third-order valence-corrected chi connectivity index (χ3v) is 5.80. The third kappa shape index (κ3) is 3.22. The molecule has 0 saturated carbocycles. The first-order valence-electron chi connectivity index (χ1n) is 5.40. The van der Waals surface area contributed by atoms with Gasteiger partial charge in [-0.25, -0.2) is 17.6 Å². The molecule has 0 saturated heterocycles. The van der Waals surface area contributed by atoms with Crippen LogP contribution < -0.4 is 4.72 Å². The normalized spacial score (nSPS) is 11.4. The summed E-state index contributed by atoms with van der Waals surface area (Å²) in [4.78, 5) is 10.9. The topological polar surface area (TPSA) is 96.4 Å². The Balaban J connectivity index is 2.45. The number of aromatic carboxylic acids is 1. The summed E-state index contributed by atoms with van der Waals surface area (Å²) < 4.78 is 43.5. The smallest absolute Gasteiger partial charge is 0.340 e. The van der Waals surface area contributed by atoms with Crippen LogP contribution in [0.4, 0.5) is 9.39 Å². The quantitative estimate of drug-likeness (QED) is 0.830. The Kier molecular flexibility index (Phi) is 4.30. The molecule has 0 aliphatic carbocycles. The van der Waals surface area contributed by atoms with Gasteiger partial charge in [0.15, 0.2) is 0 Å². The van der Waals surface area contributed by atoms with E-state index in [-0.39, 0.29) is 25.6 Å². The number of benzene rings is 1. The number of hydrogen-bond donors (Lipinski definition) is 2. The molecule has 6 nitrogen and oxygen atoms in total. The highest BCUT2D eigenvalue weighted by atomic mass is 79.9. The average Bonchev–Trinajstić information content (AvgIpc) is 2.68. The van der Waals surface area contributed by atoms with Gasteiger partial charge in [-0.2, -0.15) is 4.37 Å². The number of nitrogens with one attached hydrogen (secondary N) is 1. The number of nitrogens with zero attached hydrogens (tertiary/aromatic N) is 1. The van der Waals surface area contributed by atoms with E-state index >= 15 is 0 Å². The molecule has 112 valence electrons. The highest BCUT2D eigenvalue weighted by Crippen LogP contribution is 2.29. The van der Waals surface area contributed by atoms with Gasteiger partial charge in [-0.15, -0.1) is 0 Å². The van der Waals surface area contributed by atoms with Crippen molar-refractivity contribution in [1.82, 2.24) is 4.37 Å². The number of carboxylic acids is 1. The van der Waals surface area contributed by atoms with E-state index in [0.717, 1.165) is 29.7 Å². The second-order valence-electron chi connectivity index (χ2n) is 3.96. The Labute approximate surface area is 132 Å². The second-order valence-corrected chi connectivity index (χ2v) is 7.24. The molecule has 1 aromatic carbocycles. The standard InChI is InChI=1S/C11H8BrFN2O4S2/c1-5-9(11(16)17)10(20-14-5)15-21(18,19)8-3-2-6(13)4-7(8)12/h2-4,15H,1H3,(H,16,17). The molecule has 0 bridgehead atoms. The third-order valence-electron chi connectivity index (χ3n) is 2.49. The Morgan fingerprint density at radius 2 is 2.14 bits per heavy atom. The van der Waals surface area contributed by atoms with Crippen molar-refractivity contribution < 1.29 is 22.7 Å². The van der Waals surface area contributed by atoms with E-state index in [1.165, 1.54) is 6.92 Å². The number of anilines is 1. The summed E-state index contributed by atoms with van der Waals surface area (Å²) in [5.74, 6) is -1.88.